The molecule has 128 valence electrons. The number of hydrogen-bond acceptors (Lipinski definition) is 7. The summed E-state index contributed by atoms with van der Waals surface area (Å²) in [5.74, 6) is 0.910. The molecule has 0 atom stereocenters. The van der Waals surface area contributed by atoms with Crippen LogP contribution in [0, 0.1) is 0 Å². The number of nitrogen functional groups attached to an aromatic ring is 1. The molecule has 4 rings (SSSR count). The van der Waals surface area contributed by atoms with Crippen molar-refractivity contribution >= 4 is 17.6 Å². The number of anilines is 1. The van der Waals surface area contributed by atoms with Crippen LogP contribution in [0.4, 0.5) is 5.82 Å². The second-order valence-electron chi connectivity index (χ2n) is 5.47. The first-order valence-electron chi connectivity index (χ1n) is 7.91. The van der Waals surface area contributed by atoms with Crippen molar-refractivity contribution in [1.29, 1.82) is 0 Å². The van der Waals surface area contributed by atoms with E-state index in [-0.39, 0.29) is 11.7 Å². The molecule has 0 aliphatic carbocycles. The van der Waals surface area contributed by atoms with E-state index in [1.807, 2.05) is 60.9 Å². The Hall–Kier alpha value is -3.19. The van der Waals surface area contributed by atoms with Crippen LogP contribution >= 0.6 is 11.8 Å². The van der Waals surface area contributed by atoms with Gasteiger partial charge in [-0.05, 0) is 24.5 Å². The SMILES string of the molecule is CSc1ccccc1-c1cnc(N)c(-c2nnc(-c3ccccc3)o2)n1. The summed E-state index contributed by atoms with van der Waals surface area (Å²) in [6.07, 6.45) is 3.68. The van der Waals surface area contributed by atoms with E-state index in [2.05, 4.69) is 20.2 Å². The summed E-state index contributed by atoms with van der Waals surface area (Å²) in [4.78, 5) is 10.0. The second-order valence-corrected chi connectivity index (χ2v) is 6.32. The first-order chi connectivity index (χ1) is 12.8. The van der Waals surface area contributed by atoms with Crippen LogP contribution < -0.4 is 5.73 Å². The van der Waals surface area contributed by atoms with Crippen molar-refractivity contribution in [3.8, 4) is 34.3 Å². The highest BCUT2D eigenvalue weighted by Crippen LogP contribution is 2.31. The first-order valence-corrected chi connectivity index (χ1v) is 9.14. The Morgan fingerprint density at radius 3 is 2.46 bits per heavy atom. The van der Waals surface area contributed by atoms with E-state index < -0.39 is 0 Å². The molecule has 2 aromatic carbocycles. The molecule has 0 radical (unpaired) electrons. The average molecular weight is 361 g/mol. The maximum atomic E-state index is 6.01. The Morgan fingerprint density at radius 2 is 1.65 bits per heavy atom. The van der Waals surface area contributed by atoms with Crippen molar-refractivity contribution in [3.05, 3.63) is 60.8 Å². The highest BCUT2D eigenvalue weighted by molar-refractivity contribution is 7.98. The van der Waals surface area contributed by atoms with Gasteiger partial charge in [-0.1, -0.05) is 36.4 Å². The molecule has 0 saturated carbocycles. The molecule has 0 saturated heterocycles. The van der Waals surface area contributed by atoms with Crippen LogP contribution in [-0.4, -0.2) is 26.4 Å². The van der Waals surface area contributed by atoms with Gasteiger partial charge in [0.05, 0.1) is 11.9 Å². The molecule has 0 unspecified atom stereocenters. The van der Waals surface area contributed by atoms with Crippen LogP contribution in [0.1, 0.15) is 0 Å². The fourth-order valence-corrected chi connectivity index (χ4v) is 3.17. The minimum atomic E-state index is 0.248. The van der Waals surface area contributed by atoms with Gasteiger partial charge in [0.15, 0.2) is 11.5 Å². The normalized spacial score (nSPS) is 10.8. The minimum Gasteiger partial charge on any atom is -0.414 e. The molecule has 0 aliphatic heterocycles. The topological polar surface area (TPSA) is 90.7 Å². The standard InChI is InChI=1S/C19H15N5OS/c1-26-15-10-6-5-9-13(15)14-11-21-17(20)16(22-14)19-24-23-18(25-19)12-7-3-2-4-8-12/h2-11H,1H3,(H2,20,21). The highest BCUT2D eigenvalue weighted by Gasteiger charge is 2.17. The van der Waals surface area contributed by atoms with Crippen molar-refractivity contribution in [2.75, 3.05) is 12.0 Å². The third kappa shape index (κ3) is 3.04. The van der Waals surface area contributed by atoms with E-state index in [9.17, 15) is 0 Å². The van der Waals surface area contributed by atoms with Gasteiger partial charge < -0.3 is 10.2 Å². The molecule has 2 heterocycles. The molecule has 0 fully saturated rings. The summed E-state index contributed by atoms with van der Waals surface area (Å²) in [5.41, 5.74) is 8.92. The van der Waals surface area contributed by atoms with Crippen molar-refractivity contribution in [2.45, 2.75) is 4.90 Å². The molecule has 0 spiro atoms. The molecule has 2 aromatic heterocycles. The second kappa shape index (κ2) is 6.97. The maximum absolute atomic E-state index is 6.01. The smallest absolute Gasteiger partial charge is 0.270 e. The molecule has 0 amide bonds. The van der Waals surface area contributed by atoms with Gasteiger partial charge in [-0.15, -0.1) is 22.0 Å². The monoisotopic (exact) mass is 361 g/mol. The van der Waals surface area contributed by atoms with Gasteiger partial charge in [0, 0.05) is 16.0 Å². The number of thioether (sulfide) groups is 1. The van der Waals surface area contributed by atoms with E-state index in [1.165, 1.54) is 0 Å². The van der Waals surface area contributed by atoms with Gasteiger partial charge in [-0.3, -0.25) is 0 Å². The van der Waals surface area contributed by atoms with Gasteiger partial charge in [0.1, 0.15) is 0 Å². The van der Waals surface area contributed by atoms with Gasteiger partial charge in [0.2, 0.25) is 5.89 Å². The quantitative estimate of drug-likeness (QED) is 0.546. The fraction of sp³-hybridized carbons (Fsp3) is 0.0526. The number of nitrogens with zero attached hydrogens (tertiary/aromatic N) is 4. The predicted molar refractivity (Wildman–Crippen MR) is 102 cm³/mol. The lowest BCUT2D eigenvalue weighted by Crippen LogP contribution is -1.99. The maximum Gasteiger partial charge on any atom is 0.270 e. The lowest BCUT2D eigenvalue weighted by molar-refractivity contribution is 0.582. The van der Waals surface area contributed by atoms with Crippen LogP contribution in [0.5, 0.6) is 0 Å². The van der Waals surface area contributed by atoms with E-state index in [0.29, 0.717) is 17.3 Å². The molecule has 7 heteroatoms. The van der Waals surface area contributed by atoms with E-state index in [4.69, 9.17) is 10.2 Å². The van der Waals surface area contributed by atoms with Crippen LogP contribution in [0.15, 0.2) is 70.1 Å². The summed E-state index contributed by atoms with van der Waals surface area (Å²) in [6, 6.07) is 17.5. The van der Waals surface area contributed by atoms with E-state index >= 15 is 0 Å². The molecule has 0 aliphatic rings. The lowest BCUT2D eigenvalue weighted by atomic mass is 10.1. The Balaban J connectivity index is 1.77. The van der Waals surface area contributed by atoms with E-state index in [0.717, 1.165) is 16.0 Å². The van der Waals surface area contributed by atoms with Gasteiger partial charge in [-0.25, -0.2) is 9.97 Å². The average Bonchev–Trinajstić information content (AvgIpc) is 3.19. The van der Waals surface area contributed by atoms with Crippen LogP contribution in [-0.2, 0) is 0 Å². The summed E-state index contributed by atoms with van der Waals surface area (Å²) in [5, 5.41) is 8.19. The zero-order chi connectivity index (χ0) is 17.9. The summed E-state index contributed by atoms with van der Waals surface area (Å²) in [6.45, 7) is 0. The van der Waals surface area contributed by atoms with E-state index in [1.54, 1.807) is 18.0 Å². The van der Waals surface area contributed by atoms with Crippen LogP contribution in [0.2, 0.25) is 0 Å². The molecular weight excluding hydrogens is 346 g/mol. The predicted octanol–water partition coefficient (Wildman–Crippen LogP) is 4.16. The molecule has 26 heavy (non-hydrogen) atoms. The summed E-state index contributed by atoms with van der Waals surface area (Å²) >= 11 is 1.65. The summed E-state index contributed by atoms with van der Waals surface area (Å²) < 4.78 is 5.77. The van der Waals surface area contributed by atoms with Gasteiger partial charge in [0.25, 0.3) is 5.89 Å². The minimum absolute atomic E-state index is 0.248. The summed E-state index contributed by atoms with van der Waals surface area (Å²) in [7, 11) is 0. The Kier molecular flexibility index (Phi) is 4.37. The third-order valence-electron chi connectivity index (χ3n) is 3.83. The Morgan fingerprint density at radius 1 is 0.923 bits per heavy atom. The number of aromatic nitrogens is 4. The van der Waals surface area contributed by atoms with Crippen molar-refractivity contribution in [2.24, 2.45) is 0 Å². The van der Waals surface area contributed by atoms with Crippen molar-refractivity contribution in [1.82, 2.24) is 20.2 Å². The van der Waals surface area contributed by atoms with Crippen molar-refractivity contribution < 1.29 is 4.42 Å². The zero-order valence-electron chi connectivity index (χ0n) is 14.0. The lowest BCUT2D eigenvalue weighted by Gasteiger charge is -2.08. The number of nitrogens with two attached hydrogens (primary N) is 1. The Labute approximate surface area is 154 Å². The number of benzene rings is 2. The Bertz CT molecular complexity index is 1050. The van der Waals surface area contributed by atoms with Crippen LogP contribution in [0.3, 0.4) is 0 Å². The van der Waals surface area contributed by atoms with Crippen LogP contribution in [0.25, 0.3) is 34.3 Å². The number of rotatable bonds is 4. The molecule has 4 aromatic rings. The zero-order valence-corrected chi connectivity index (χ0v) is 14.8. The third-order valence-corrected chi connectivity index (χ3v) is 4.63. The first kappa shape index (κ1) is 16.3. The molecule has 6 nitrogen and oxygen atoms in total. The number of hydrogen-bond donors (Lipinski definition) is 1. The largest absolute Gasteiger partial charge is 0.414 e. The van der Waals surface area contributed by atoms with Gasteiger partial charge in [-0.2, -0.15) is 0 Å². The fourth-order valence-electron chi connectivity index (χ4n) is 2.56. The molecular formula is C19H15N5OS. The van der Waals surface area contributed by atoms with Crippen molar-refractivity contribution in [3.63, 3.8) is 0 Å². The molecule has 0 bridgehead atoms. The van der Waals surface area contributed by atoms with Gasteiger partial charge >= 0.3 is 0 Å². The highest BCUT2D eigenvalue weighted by atomic mass is 32.2. The molecule has 2 N–H and O–H groups in total.